The van der Waals surface area contributed by atoms with Gasteiger partial charge in [0.15, 0.2) is 0 Å². The molecule has 2 N–H and O–H groups in total. The summed E-state index contributed by atoms with van der Waals surface area (Å²) in [5, 5.41) is 11.9. The molecule has 76 valence electrons. The Morgan fingerprint density at radius 1 is 1.54 bits per heavy atom. The van der Waals surface area contributed by atoms with Crippen LogP contribution in [-0.4, -0.2) is 23.7 Å². The lowest BCUT2D eigenvalue weighted by Gasteiger charge is -2.38. The molecule has 0 radical (unpaired) electrons. The second-order valence-electron chi connectivity index (χ2n) is 4.02. The Kier molecular flexibility index (Phi) is 3.31. The molecule has 0 saturated carbocycles. The Hall–Kier alpha value is -0.570. The highest BCUT2D eigenvalue weighted by Crippen LogP contribution is 2.34. The van der Waals surface area contributed by atoms with Crippen LogP contribution in [-0.2, 0) is 4.79 Å². The molecule has 3 nitrogen and oxygen atoms in total. The van der Waals surface area contributed by atoms with Gasteiger partial charge in [0.25, 0.3) is 0 Å². The predicted molar refractivity (Wildman–Crippen MR) is 51.7 cm³/mol. The third-order valence-electron chi connectivity index (χ3n) is 3.48. The molecule has 0 amide bonds. The molecule has 0 aromatic carbocycles. The number of carboxylic acid groups (broad SMARTS) is 1. The van der Waals surface area contributed by atoms with Crippen LogP contribution in [0.15, 0.2) is 0 Å². The smallest absolute Gasteiger partial charge is 0.320 e. The van der Waals surface area contributed by atoms with Gasteiger partial charge in [0.1, 0.15) is 6.04 Å². The maximum Gasteiger partial charge on any atom is 0.320 e. The first-order chi connectivity index (χ1) is 6.13. The average Bonchev–Trinajstić information content (AvgIpc) is 2.18. The van der Waals surface area contributed by atoms with E-state index < -0.39 is 5.97 Å². The first-order valence-electron chi connectivity index (χ1n) is 5.10. The van der Waals surface area contributed by atoms with Crippen LogP contribution in [0.1, 0.15) is 39.5 Å². The van der Waals surface area contributed by atoms with Gasteiger partial charge < -0.3 is 10.4 Å². The number of aliphatic carboxylic acids is 1. The normalized spacial score (nSPS) is 27.1. The first kappa shape index (κ1) is 10.5. The van der Waals surface area contributed by atoms with E-state index in [0.717, 1.165) is 32.2 Å². The SMILES string of the molecule is CCC1(CC)CCC(C(=O)O)NC1. The highest BCUT2D eigenvalue weighted by Gasteiger charge is 2.34. The summed E-state index contributed by atoms with van der Waals surface area (Å²) < 4.78 is 0. The molecule has 1 fully saturated rings. The third-order valence-corrected chi connectivity index (χ3v) is 3.48. The van der Waals surface area contributed by atoms with Gasteiger partial charge >= 0.3 is 5.97 Å². The fourth-order valence-electron chi connectivity index (χ4n) is 2.05. The van der Waals surface area contributed by atoms with E-state index >= 15 is 0 Å². The third kappa shape index (κ3) is 2.21. The van der Waals surface area contributed by atoms with Crippen LogP contribution in [0.2, 0.25) is 0 Å². The fourth-order valence-corrected chi connectivity index (χ4v) is 2.05. The maximum atomic E-state index is 10.7. The van der Waals surface area contributed by atoms with Gasteiger partial charge in [0.05, 0.1) is 0 Å². The predicted octanol–water partition coefficient (Wildman–Crippen LogP) is 1.63. The van der Waals surface area contributed by atoms with Crippen LogP contribution in [0, 0.1) is 5.41 Å². The van der Waals surface area contributed by atoms with Crippen molar-refractivity contribution < 1.29 is 9.90 Å². The van der Waals surface area contributed by atoms with Crippen molar-refractivity contribution in [2.45, 2.75) is 45.6 Å². The number of rotatable bonds is 3. The largest absolute Gasteiger partial charge is 0.480 e. The van der Waals surface area contributed by atoms with Crippen molar-refractivity contribution in [3.05, 3.63) is 0 Å². The van der Waals surface area contributed by atoms with Crippen LogP contribution in [0.5, 0.6) is 0 Å². The van der Waals surface area contributed by atoms with Gasteiger partial charge in [-0.15, -0.1) is 0 Å². The minimum Gasteiger partial charge on any atom is -0.480 e. The molecule has 0 spiro atoms. The van der Waals surface area contributed by atoms with Crippen LogP contribution in [0.4, 0.5) is 0 Å². The molecule has 3 heteroatoms. The van der Waals surface area contributed by atoms with E-state index in [4.69, 9.17) is 5.11 Å². The molecular weight excluding hydrogens is 166 g/mol. The molecule has 1 heterocycles. The highest BCUT2D eigenvalue weighted by molar-refractivity contribution is 5.73. The summed E-state index contributed by atoms with van der Waals surface area (Å²) in [6.07, 6.45) is 4.10. The van der Waals surface area contributed by atoms with E-state index in [9.17, 15) is 4.79 Å². The van der Waals surface area contributed by atoms with Gasteiger partial charge in [0.2, 0.25) is 0 Å². The first-order valence-corrected chi connectivity index (χ1v) is 5.10. The number of carboxylic acids is 1. The standard InChI is InChI=1S/C10H19NO2/c1-3-10(4-2)6-5-8(9(12)13)11-7-10/h8,11H,3-7H2,1-2H3,(H,12,13). The summed E-state index contributed by atoms with van der Waals surface area (Å²) in [5.41, 5.74) is 0.353. The fraction of sp³-hybridized carbons (Fsp3) is 0.900. The summed E-state index contributed by atoms with van der Waals surface area (Å²) in [4.78, 5) is 10.7. The monoisotopic (exact) mass is 185 g/mol. The Balaban J connectivity index is 2.50. The zero-order valence-electron chi connectivity index (χ0n) is 8.47. The van der Waals surface area contributed by atoms with Crippen LogP contribution in [0.25, 0.3) is 0 Å². The molecule has 13 heavy (non-hydrogen) atoms. The highest BCUT2D eigenvalue weighted by atomic mass is 16.4. The zero-order valence-corrected chi connectivity index (χ0v) is 8.47. The second-order valence-corrected chi connectivity index (χ2v) is 4.02. The minimum atomic E-state index is -0.708. The van der Waals surface area contributed by atoms with Crippen molar-refractivity contribution in [2.75, 3.05) is 6.54 Å². The van der Waals surface area contributed by atoms with Crippen molar-refractivity contribution in [1.82, 2.24) is 5.32 Å². The van der Waals surface area contributed by atoms with Crippen molar-refractivity contribution in [2.24, 2.45) is 5.41 Å². The Labute approximate surface area is 79.5 Å². The van der Waals surface area contributed by atoms with Gasteiger partial charge in [-0.05, 0) is 31.1 Å². The van der Waals surface area contributed by atoms with E-state index in [1.807, 2.05) is 0 Å². The number of piperidine rings is 1. The Bertz CT molecular complexity index is 177. The number of nitrogens with one attached hydrogen (secondary N) is 1. The van der Waals surface area contributed by atoms with Gasteiger partial charge in [-0.2, -0.15) is 0 Å². The molecule has 1 atom stereocenters. The van der Waals surface area contributed by atoms with E-state index in [-0.39, 0.29) is 6.04 Å². The maximum absolute atomic E-state index is 10.7. The minimum absolute atomic E-state index is 0.314. The van der Waals surface area contributed by atoms with Crippen LogP contribution < -0.4 is 5.32 Å². The topological polar surface area (TPSA) is 49.3 Å². The zero-order chi connectivity index (χ0) is 9.90. The van der Waals surface area contributed by atoms with E-state index in [1.54, 1.807) is 0 Å². The van der Waals surface area contributed by atoms with Gasteiger partial charge in [-0.25, -0.2) is 0 Å². The lowest BCUT2D eigenvalue weighted by Crippen LogP contribution is -2.48. The molecule has 1 saturated heterocycles. The van der Waals surface area contributed by atoms with Gasteiger partial charge in [-0.1, -0.05) is 13.8 Å². The van der Waals surface area contributed by atoms with Gasteiger partial charge in [-0.3, -0.25) is 4.79 Å². The average molecular weight is 185 g/mol. The molecule has 0 aromatic heterocycles. The summed E-state index contributed by atoms with van der Waals surface area (Å²) in [7, 11) is 0. The molecule has 1 rings (SSSR count). The van der Waals surface area contributed by atoms with E-state index in [0.29, 0.717) is 5.41 Å². The second kappa shape index (κ2) is 4.09. The molecule has 1 unspecified atom stereocenters. The van der Waals surface area contributed by atoms with Crippen molar-refractivity contribution >= 4 is 5.97 Å². The molecular formula is C10H19NO2. The van der Waals surface area contributed by atoms with Crippen molar-refractivity contribution in [1.29, 1.82) is 0 Å². The van der Waals surface area contributed by atoms with Crippen LogP contribution in [0.3, 0.4) is 0 Å². The number of hydrogen-bond acceptors (Lipinski definition) is 2. The van der Waals surface area contributed by atoms with E-state index in [1.165, 1.54) is 0 Å². The lowest BCUT2D eigenvalue weighted by molar-refractivity contribution is -0.140. The number of carbonyl (C=O) groups is 1. The Morgan fingerprint density at radius 3 is 2.46 bits per heavy atom. The van der Waals surface area contributed by atoms with Gasteiger partial charge in [0, 0.05) is 6.54 Å². The van der Waals surface area contributed by atoms with E-state index in [2.05, 4.69) is 19.2 Å². The number of hydrogen-bond donors (Lipinski definition) is 2. The quantitative estimate of drug-likeness (QED) is 0.702. The molecule has 0 bridgehead atoms. The summed E-state index contributed by atoms with van der Waals surface area (Å²) in [5.74, 6) is -0.708. The Morgan fingerprint density at radius 2 is 2.15 bits per heavy atom. The summed E-state index contributed by atoms with van der Waals surface area (Å²) in [6.45, 7) is 5.23. The van der Waals surface area contributed by atoms with Crippen molar-refractivity contribution in [3.63, 3.8) is 0 Å². The molecule has 1 aliphatic heterocycles. The lowest BCUT2D eigenvalue weighted by atomic mass is 9.75. The molecule has 0 aliphatic carbocycles. The molecule has 1 aliphatic rings. The van der Waals surface area contributed by atoms with Crippen molar-refractivity contribution in [3.8, 4) is 0 Å². The molecule has 0 aromatic rings. The van der Waals surface area contributed by atoms with Crippen LogP contribution >= 0.6 is 0 Å². The summed E-state index contributed by atoms with van der Waals surface area (Å²) >= 11 is 0. The summed E-state index contributed by atoms with van der Waals surface area (Å²) in [6, 6.07) is -0.314.